The highest BCUT2D eigenvalue weighted by atomic mass is 19.4. The summed E-state index contributed by atoms with van der Waals surface area (Å²) >= 11 is 0. The third kappa shape index (κ3) is 4.88. The predicted octanol–water partition coefficient (Wildman–Crippen LogP) is 5.84. The Hall–Kier alpha value is -3.47. The average molecular weight is 543 g/mol. The third-order valence-electron chi connectivity index (χ3n) is 8.00. The summed E-state index contributed by atoms with van der Waals surface area (Å²) in [4.78, 5) is 21.7. The first kappa shape index (κ1) is 25.8. The second-order valence-electron chi connectivity index (χ2n) is 10.6. The Bertz CT molecular complexity index is 1370. The molecule has 11 heteroatoms. The zero-order valence-corrected chi connectivity index (χ0v) is 21.7. The summed E-state index contributed by atoms with van der Waals surface area (Å²) in [6.45, 7) is 2.41. The first-order chi connectivity index (χ1) is 18.7. The van der Waals surface area contributed by atoms with E-state index in [0.29, 0.717) is 25.4 Å². The molecule has 0 amide bonds. The zero-order valence-electron chi connectivity index (χ0n) is 21.7. The summed E-state index contributed by atoms with van der Waals surface area (Å²) in [5, 5.41) is 4.42. The molecule has 206 valence electrons. The van der Waals surface area contributed by atoms with Gasteiger partial charge in [-0.15, -0.1) is 0 Å². The SMILES string of the molecule is COC(=O)c1cnc(N2C3CC[C@H]2CC(OCc2c(-c4ccccc4C)noc2C2CC2)C3)nc1C(F)(F)F. The van der Waals surface area contributed by atoms with Gasteiger partial charge in [-0.2, -0.15) is 13.2 Å². The van der Waals surface area contributed by atoms with E-state index in [2.05, 4.69) is 19.9 Å². The molecule has 3 aliphatic rings. The quantitative estimate of drug-likeness (QED) is 0.344. The summed E-state index contributed by atoms with van der Waals surface area (Å²) < 4.78 is 57.9. The van der Waals surface area contributed by atoms with Gasteiger partial charge in [0.15, 0.2) is 5.69 Å². The van der Waals surface area contributed by atoms with Crippen LogP contribution in [0.5, 0.6) is 0 Å². The fourth-order valence-electron chi connectivity index (χ4n) is 5.94. The van der Waals surface area contributed by atoms with Crippen LogP contribution in [0, 0.1) is 6.92 Å². The van der Waals surface area contributed by atoms with Crippen LogP contribution in [0.1, 0.15) is 77.4 Å². The molecule has 1 saturated carbocycles. The van der Waals surface area contributed by atoms with E-state index in [-0.39, 0.29) is 24.1 Å². The molecule has 2 aromatic heterocycles. The maximum absolute atomic E-state index is 13.7. The third-order valence-corrected chi connectivity index (χ3v) is 8.00. The Morgan fingerprint density at radius 3 is 2.49 bits per heavy atom. The second kappa shape index (κ2) is 9.93. The number of rotatable bonds is 7. The van der Waals surface area contributed by atoms with E-state index in [4.69, 9.17) is 9.26 Å². The van der Waals surface area contributed by atoms with Crippen molar-refractivity contribution in [2.24, 2.45) is 0 Å². The minimum absolute atomic E-state index is 0.0159. The van der Waals surface area contributed by atoms with Gasteiger partial charge in [0.05, 0.1) is 19.8 Å². The molecule has 3 aromatic rings. The molecule has 4 heterocycles. The van der Waals surface area contributed by atoms with Crippen molar-refractivity contribution in [2.45, 2.75) is 82.3 Å². The largest absolute Gasteiger partial charge is 0.465 e. The molecule has 1 aromatic carbocycles. The smallest absolute Gasteiger partial charge is 0.434 e. The van der Waals surface area contributed by atoms with Gasteiger partial charge in [0.25, 0.3) is 0 Å². The van der Waals surface area contributed by atoms with Crippen LogP contribution < -0.4 is 4.90 Å². The summed E-state index contributed by atoms with van der Waals surface area (Å²) in [5.74, 6) is 0.137. The van der Waals surface area contributed by atoms with Crippen LogP contribution >= 0.6 is 0 Å². The van der Waals surface area contributed by atoms with E-state index in [1.807, 2.05) is 36.1 Å². The van der Waals surface area contributed by atoms with Crippen molar-refractivity contribution in [1.29, 1.82) is 0 Å². The van der Waals surface area contributed by atoms with E-state index in [1.165, 1.54) is 0 Å². The molecule has 6 rings (SSSR count). The van der Waals surface area contributed by atoms with Gasteiger partial charge in [0.2, 0.25) is 5.95 Å². The van der Waals surface area contributed by atoms with E-state index >= 15 is 0 Å². The van der Waals surface area contributed by atoms with Crippen LogP contribution in [-0.2, 0) is 22.3 Å². The summed E-state index contributed by atoms with van der Waals surface area (Å²) in [5.41, 5.74) is 1.96. The van der Waals surface area contributed by atoms with Gasteiger partial charge in [-0.05, 0) is 51.0 Å². The van der Waals surface area contributed by atoms with Crippen LogP contribution in [0.15, 0.2) is 35.0 Å². The van der Waals surface area contributed by atoms with Crippen molar-refractivity contribution >= 4 is 11.9 Å². The van der Waals surface area contributed by atoms with Gasteiger partial charge in [0, 0.05) is 35.3 Å². The highest BCUT2D eigenvalue weighted by Gasteiger charge is 2.45. The fourth-order valence-corrected chi connectivity index (χ4v) is 5.94. The van der Waals surface area contributed by atoms with Gasteiger partial charge < -0.3 is 18.9 Å². The maximum Gasteiger partial charge on any atom is 0.434 e. The van der Waals surface area contributed by atoms with Gasteiger partial charge in [-0.25, -0.2) is 14.8 Å². The minimum atomic E-state index is -4.81. The molecule has 0 spiro atoms. The van der Waals surface area contributed by atoms with Gasteiger partial charge in [-0.3, -0.25) is 0 Å². The van der Waals surface area contributed by atoms with Crippen LogP contribution in [0.4, 0.5) is 19.1 Å². The normalized spacial score (nSPS) is 22.8. The Labute approximate surface area is 223 Å². The number of piperidine rings is 1. The number of hydrogen-bond donors (Lipinski definition) is 0. The van der Waals surface area contributed by atoms with Crippen LogP contribution in [0.3, 0.4) is 0 Å². The summed E-state index contributed by atoms with van der Waals surface area (Å²) in [7, 11) is 1.03. The molecule has 3 atom stereocenters. The van der Waals surface area contributed by atoms with Crippen molar-refractivity contribution in [3.05, 3.63) is 58.6 Å². The number of halogens is 3. The molecule has 2 aliphatic heterocycles. The fraction of sp³-hybridized carbons (Fsp3) is 0.500. The molecule has 3 fully saturated rings. The molecule has 2 unspecified atom stereocenters. The summed E-state index contributed by atoms with van der Waals surface area (Å²) in [6.07, 6.45) is 1.09. The monoisotopic (exact) mass is 542 g/mol. The Morgan fingerprint density at radius 2 is 1.85 bits per heavy atom. The number of carbonyl (C=O) groups is 1. The molecule has 39 heavy (non-hydrogen) atoms. The number of benzene rings is 1. The molecule has 2 bridgehead atoms. The van der Waals surface area contributed by atoms with Crippen LogP contribution in [0.25, 0.3) is 11.3 Å². The highest BCUT2D eigenvalue weighted by Crippen LogP contribution is 2.45. The number of anilines is 1. The first-order valence-electron chi connectivity index (χ1n) is 13.2. The minimum Gasteiger partial charge on any atom is -0.465 e. The average Bonchev–Trinajstić information content (AvgIpc) is 3.62. The van der Waals surface area contributed by atoms with Crippen molar-refractivity contribution in [3.8, 4) is 11.3 Å². The summed E-state index contributed by atoms with van der Waals surface area (Å²) in [6, 6.07) is 7.94. The molecule has 0 radical (unpaired) electrons. The number of carbonyl (C=O) groups excluding carboxylic acids is 1. The Balaban J connectivity index is 1.20. The lowest BCUT2D eigenvalue weighted by Crippen LogP contribution is -2.46. The Morgan fingerprint density at radius 1 is 1.13 bits per heavy atom. The van der Waals surface area contributed by atoms with Gasteiger partial charge in [-0.1, -0.05) is 29.4 Å². The Kier molecular flexibility index (Phi) is 6.57. The standard InChI is InChI=1S/C28H29F3N4O4/c1-15-5-3-4-6-20(15)23-22(24(39-34-23)16-7-8-16)14-38-19-11-17-9-10-18(12-19)35(17)27-32-13-21(26(36)37-2)25(33-27)28(29,30)31/h3-6,13,16-19H,7-12,14H2,1-2H3/t17-,18?,19?/m0/s1. The lowest BCUT2D eigenvalue weighted by molar-refractivity contribution is -0.141. The maximum atomic E-state index is 13.7. The predicted molar refractivity (Wildman–Crippen MR) is 134 cm³/mol. The number of aromatic nitrogens is 3. The zero-order chi connectivity index (χ0) is 27.3. The number of aryl methyl sites for hydroxylation is 1. The van der Waals surface area contributed by atoms with E-state index in [9.17, 15) is 18.0 Å². The molecule has 2 saturated heterocycles. The van der Waals surface area contributed by atoms with Crippen molar-refractivity contribution in [1.82, 2.24) is 15.1 Å². The topological polar surface area (TPSA) is 90.6 Å². The number of nitrogens with zero attached hydrogens (tertiary/aromatic N) is 4. The molecule has 8 nitrogen and oxygen atoms in total. The van der Waals surface area contributed by atoms with Crippen LogP contribution in [-0.4, -0.2) is 46.4 Å². The number of fused-ring (bicyclic) bond motifs is 2. The number of hydrogen-bond acceptors (Lipinski definition) is 8. The lowest BCUT2D eigenvalue weighted by Gasteiger charge is -2.39. The molecule has 1 aliphatic carbocycles. The number of alkyl halides is 3. The van der Waals surface area contributed by atoms with Gasteiger partial charge in [0.1, 0.15) is 17.0 Å². The molecular weight excluding hydrogens is 513 g/mol. The lowest BCUT2D eigenvalue weighted by atomic mass is 9.99. The van der Waals surface area contributed by atoms with Crippen LogP contribution in [0.2, 0.25) is 0 Å². The van der Waals surface area contributed by atoms with E-state index < -0.39 is 23.4 Å². The highest BCUT2D eigenvalue weighted by molar-refractivity contribution is 5.90. The molecule has 0 N–H and O–H groups in total. The molecular formula is C28H29F3N4O4. The first-order valence-corrected chi connectivity index (χ1v) is 13.2. The number of esters is 1. The van der Waals surface area contributed by atoms with Gasteiger partial charge >= 0.3 is 12.1 Å². The van der Waals surface area contributed by atoms with E-state index in [1.54, 1.807) is 0 Å². The number of ether oxygens (including phenoxy) is 2. The number of methoxy groups -OCH3 is 1. The van der Waals surface area contributed by atoms with Crippen molar-refractivity contribution < 1.29 is 32.0 Å². The second-order valence-corrected chi connectivity index (χ2v) is 10.6. The van der Waals surface area contributed by atoms with E-state index in [0.717, 1.165) is 67.1 Å². The van der Waals surface area contributed by atoms with Crippen molar-refractivity contribution in [3.63, 3.8) is 0 Å². The van der Waals surface area contributed by atoms with Crippen molar-refractivity contribution in [2.75, 3.05) is 12.0 Å².